The number of para-hydroxylation sites is 1. The quantitative estimate of drug-likeness (QED) is 0.172. The Morgan fingerprint density at radius 2 is 1.77 bits per heavy atom. The van der Waals surface area contributed by atoms with E-state index in [4.69, 9.17) is 19.2 Å². The van der Waals surface area contributed by atoms with Crippen molar-refractivity contribution >= 4 is 44.9 Å². The lowest BCUT2D eigenvalue weighted by molar-refractivity contribution is -0.113. The highest BCUT2D eigenvalue weighted by Crippen LogP contribution is 2.38. The van der Waals surface area contributed by atoms with Crippen LogP contribution in [-0.4, -0.2) is 24.2 Å². The van der Waals surface area contributed by atoms with Crippen molar-refractivity contribution in [3.63, 3.8) is 0 Å². The molecule has 4 aromatic carbocycles. The molecular formula is C37H31BrFN3O5S. The van der Waals surface area contributed by atoms with Crippen LogP contribution < -0.4 is 34.4 Å². The molecule has 5 aromatic rings. The summed E-state index contributed by atoms with van der Waals surface area (Å²) in [7, 11) is 1.51. The molecule has 244 valence electrons. The van der Waals surface area contributed by atoms with E-state index in [1.807, 2.05) is 49.4 Å². The van der Waals surface area contributed by atoms with Gasteiger partial charge in [-0.3, -0.25) is 14.2 Å². The number of rotatable bonds is 10. The van der Waals surface area contributed by atoms with Crippen LogP contribution in [0, 0.1) is 5.82 Å². The van der Waals surface area contributed by atoms with Crippen LogP contribution in [-0.2, 0) is 11.4 Å². The van der Waals surface area contributed by atoms with Gasteiger partial charge in [-0.05, 0) is 89.4 Å². The Morgan fingerprint density at radius 3 is 2.48 bits per heavy atom. The van der Waals surface area contributed by atoms with E-state index in [1.54, 1.807) is 60.0 Å². The minimum atomic E-state index is -0.738. The van der Waals surface area contributed by atoms with E-state index in [0.29, 0.717) is 65.7 Å². The van der Waals surface area contributed by atoms with E-state index >= 15 is 0 Å². The molecule has 2 heterocycles. The number of ether oxygens (including phenoxy) is 3. The van der Waals surface area contributed by atoms with Crippen molar-refractivity contribution in [3.05, 3.63) is 149 Å². The van der Waals surface area contributed by atoms with Crippen molar-refractivity contribution < 1.29 is 23.4 Å². The van der Waals surface area contributed by atoms with Gasteiger partial charge < -0.3 is 19.5 Å². The summed E-state index contributed by atoms with van der Waals surface area (Å²) in [5, 5.41) is 2.97. The zero-order valence-corrected chi connectivity index (χ0v) is 28.7. The molecule has 1 aliphatic rings. The Morgan fingerprint density at radius 1 is 1.04 bits per heavy atom. The largest absolute Gasteiger partial charge is 0.494 e. The number of nitrogens with zero attached hydrogens (tertiary/aromatic N) is 2. The SMILES string of the molecule is CCOc1ccc([C@@H]2C(C(=O)Nc3ccccc3)=C(C)N=c3s/c(=C\c4cc(Br)c(OCc5ccccc5F)c(OC)c4)c(=O)n32)cc1. The van der Waals surface area contributed by atoms with Crippen LogP contribution in [0.2, 0.25) is 0 Å². The number of carbonyl (C=O) groups is 1. The number of methoxy groups -OCH3 is 1. The molecule has 1 atom stereocenters. The average Bonchev–Trinajstić information content (AvgIpc) is 3.38. The number of carbonyl (C=O) groups excluding carboxylic acids is 1. The maximum Gasteiger partial charge on any atom is 0.271 e. The van der Waals surface area contributed by atoms with Crippen LogP contribution in [0.3, 0.4) is 0 Å². The number of nitrogens with one attached hydrogen (secondary N) is 1. The van der Waals surface area contributed by atoms with Crippen molar-refractivity contribution in [1.29, 1.82) is 0 Å². The molecule has 0 fully saturated rings. The van der Waals surface area contributed by atoms with Gasteiger partial charge in [0, 0.05) is 11.3 Å². The highest BCUT2D eigenvalue weighted by Gasteiger charge is 2.32. The topological polar surface area (TPSA) is 91.2 Å². The Hall–Kier alpha value is -5.00. The van der Waals surface area contributed by atoms with Crippen LogP contribution in [0.15, 0.2) is 117 Å². The second kappa shape index (κ2) is 14.4. The second-order valence-corrected chi connectivity index (χ2v) is 12.7. The third-order valence-electron chi connectivity index (χ3n) is 7.68. The number of anilines is 1. The van der Waals surface area contributed by atoms with Gasteiger partial charge in [0.2, 0.25) is 0 Å². The summed E-state index contributed by atoms with van der Waals surface area (Å²) in [4.78, 5) is 33.2. The summed E-state index contributed by atoms with van der Waals surface area (Å²) in [6.07, 6.45) is 1.75. The number of aromatic nitrogens is 1. The molecule has 8 nitrogen and oxygen atoms in total. The molecule has 0 saturated carbocycles. The van der Waals surface area contributed by atoms with Gasteiger partial charge >= 0.3 is 0 Å². The third kappa shape index (κ3) is 6.83. The van der Waals surface area contributed by atoms with E-state index in [0.717, 1.165) is 5.56 Å². The molecule has 0 saturated heterocycles. The second-order valence-electron chi connectivity index (χ2n) is 10.8. The zero-order chi connectivity index (χ0) is 33.8. The fourth-order valence-electron chi connectivity index (χ4n) is 5.44. The molecule has 1 aliphatic heterocycles. The first-order valence-electron chi connectivity index (χ1n) is 15.1. The fraction of sp³-hybridized carbons (Fsp3) is 0.162. The van der Waals surface area contributed by atoms with Gasteiger partial charge in [0.1, 0.15) is 18.2 Å². The minimum absolute atomic E-state index is 0.00463. The van der Waals surface area contributed by atoms with Crippen LogP contribution in [0.4, 0.5) is 10.1 Å². The number of amides is 1. The number of fused-ring (bicyclic) bond motifs is 1. The first kappa shape index (κ1) is 32.9. The molecule has 1 N–H and O–H groups in total. The van der Waals surface area contributed by atoms with Crippen LogP contribution in [0.5, 0.6) is 17.2 Å². The molecule has 6 rings (SSSR count). The van der Waals surface area contributed by atoms with Crippen LogP contribution in [0.25, 0.3) is 6.08 Å². The number of halogens is 2. The van der Waals surface area contributed by atoms with Crippen molar-refractivity contribution in [1.82, 2.24) is 4.57 Å². The Labute approximate surface area is 288 Å². The van der Waals surface area contributed by atoms with Gasteiger partial charge in [-0.15, -0.1) is 0 Å². The molecule has 0 aliphatic carbocycles. The van der Waals surface area contributed by atoms with E-state index in [2.05, 4.69) is 21.2 Å². The summed E-state index contributed by atoms with van der Waals surface area (Å²) < 4.78 is 33.9. The Kier molecular flexibility index (Phi) is 9.88. The van der Waals surface area contributed by atoms with Crippen molar-refractivity contribution in [3.8, 4) is 17.2 Å². The van der Waals surface area contributed by atoms with E-state index in [9.17, 15) is 14.0 Å². The lowest BCUT2D eigenvalue weighted by Gasteiger charge is -2.25. The van der Waals surface area contributed by atoms with Gasteiger partial charge in [0.15, 0.2) is 16.3 Å². The predicted molar refractivity (Wildman–Crippen MR) is 188 cm³/mol. The molecule has 0 radical (unpaired) electrons. The monoisotopic (exact) mass is 727 g/mol. The van der Waals surface area contributed by atoms with Crippen molar-refractivity contribution in [2.24, 2.45) is 4.99 Å². The highest BCUT2D eigenvalue weighted by atomic mass is 79.9. The molecule has 0 unspecified atom stereocenters. The summed E-state index contributed by atoms with van der Waals surface area (Å²) in [5.74, 6) is 0.780. The number of benzene rings is 4. The summed E-state index contributed by atoms with van der Waals surface area (Å²) in [6, 6.07) is 25.7. The third-order valence-corrected chi connectivity index (χ3v) is 9.26. The number of hydrogen-bond donors (Lipinski definition) is 1. The predicted octanol–water partition coefficient (Wildman–Crippen LogP) is 6.76. The van der Waals surface area contributed by atoms with Gasteiger partial charge in [0.05, 0.1) is 40.0 Å². The normalized spacial score (nSPS) is 14.3. The van der Waals surface area contributed by atoms with Gasteiger partial charge in [-0.2, -0.15) is 0 Å². The van der Waals surface area contributed by atoms with Gasteiger partial charge in [-0.1, -0.05) is 59.9 Å². The van der Waals surface area contributed by atoms with E-state index in [1.165, 1.54) is 24.5 Å². The molecule has 1 amide bonds. The molecule has 0 spiro atoms. The molecule has 48 heavy (non-hydrogen) atoms. The minimum Gasteiger partial charge on any atom is -0.494 e. The lowest BCUT2D eigenvalue weighted by atomic mass is 9.95. The summed E-state index contributed by atoms with van der Waals surface area (Å²) in [5.41, 5.74) is 3.01. The lowest BCUT2D eigenvalue weighted by Crippen LogP contribution is -2.40. The average molecular weight is 729 g/mol. The maximum absolute atomic E-state index is 14.2. The van der Waals surface area contributed by atoms with E-state index in [-0.39, 0.29) is 23.9 Å². The Bertz CT molecular complexity index is 2200. The molecule has 0 bridgehead atoms. The molecule has 1 aromatic heterocycles. The summed E-state index contributed by atoms with van der Waals surface area (Å²) in [6.45, 7) is 4.20. The van der Waals surface area contributed by atoms with Gasteiger partial charge in [-0.25, -0.2) is 9.38 Å². The fourth-order valence-corrected chi connectivity index (χ4v) is 7.06. The van der Waals surface area contributed by atoms with Crippen LogP contribution in [0.1, 0.15) is 36.6 Å². The molecular weight excluding hydrogens is 697 g/mol. The summed E-state index contributed by atoms with van der Waals surface area (Å²) >= 11 is 4.79. The van der Waals surface area contributed by atoms with Gasteiger partial charge in [0.25, 0.3) is 11.5 Å². The van der Waals surface area contributed by atoms with Crippen molar-refractivity contribution in [2.75, 3.05) is 19.0 Å². The smallest absolute Gasteiger partial charge is 0.271 e. The highest BCUT2D eigenvalue weighted by molar-refractivity contribution is 9.10. The first-order chi connectivity index (χ1) is 23.3. The maximum atomic E-state index is 14.2. The standard InChI is InChI=1S/C37H31BrFN3O5S/c1-4-46-27-16-14-24(15-17-27)33-32(35(43)41-26-11-6-5-7-12-26)22(2)40-37-42(33)36(44)31(48-37)20-23-18-28(38)34(30(19-23)45-3)47-21-25-10-8-9-13-29(25)39/h5-20,33H,4,21H2,1-3H3,(H,41,43)/b31-20-/t33-/m1/s1. The number of hydrogen-bond acceptors (Lipinski definition) is 7. The Balaban J connectivity index is 1.41. The zero-order valence-electron chi connectivity index (χ0n) is 26.3. The van der Waals surface area contributed by atoms with Crippen LogP contribution >= 0.6 is 27.3 Å². The number of allylic oxidation sites excluding steroid dienone is 1. The van der Waals surface area contributed by atoms with Crippen molar-refractivity contribution in [2.45, 2.75) is 26.5 Å². The molecule has 11 heteroatoms. The van der Waals surface area contributed by atoms with E-state index < -0.39 is 6.04 Å². The number of thiazole rings is 1. The first-order valence-corrected chi connectivity index (χ1v) is 16.7.